The second-order valence-electron chi connectivity index (χ2n) is 9.37. The first kappa shape index (κ1) is 25.4. The Labute approximate surface area is 212 Å². The summed E-state index contributed by atoms with van der Waals surface area (Å²) in [6.07, 6.45) is 5.76. The van der Waals surface area contributed by atoms with Crippen molar-refractivity contribution < 1.29 is 14.3 Å². The van der Waals surface area contributed by atoms with Gasteiger partial charge in [-0.3, -0.25) is 15.1 Å². The monoisotopic (exact) mass is 486 g/mol. The first-order valence-electron chi connectivity index (χ1n) is 12.5. The van der Waals surface area contributed by atoms with Crippen LogP contribution in [0.15, 0.2) is 72.9 Å². The molecule has 1 unspecified atom stereocenters. The number of ether oxygens (including phenoxy) is 1. The van der Waals surface area contributed by atoms with Gasteiger partial charge in [0, 0.05) is 23.4 Å². The van der Waals surface area contributed by atoms with E-state index in [2.05, 4.69) is 32.5 Å². The maximum Gasteiger partial charge on any atom is 0.411 e. The van der Waals surface area contributed by atoms with Crippen LogP contribution in [0.3, 0.4) is 0 Å². The van der Waals surface area contributed by atoms with E-state index in [4.69, 9.17) is 5.73 Å². The summed E-state index contributed by atoms with van der Waals surface area (Å²) >= 11 is 0. The van der Waals surface area contributed by atoms with Gasteiger partial charge in [0.15, 0.2) is 0 Å². The van der Waals surface area contributed by atoms with Gasteiger partial charge in [0.2, 0.25) is 5.91 Å². The third-order valence-electron chi connectivity index (χ3n) is 6.95. The number of benzene rings is 2. The molecule has 1 aromatic heterocycles. The van der Waals surface area contributed by atoms with Gasteiger partial charge in [-0.25, -0.2) is 4.79 Å². The maximum atomic E-state index is 13.3. The highest BCUT2D eigenvalue weighted by atomic mass is 16.5. The van der Waals surface area contributed by atoms with Gasteiger partial charge in [-0.2, -0.15) is 0 Å². The molecule has 0 saturated heterocycles. The predicted octanol–water partition coefficient (Wildman–Crippen LogP) is 5.09. The molecule has 1 fully saturated rings. The molecule has 2 aromatic carbocycles. The van der Waals surface area contributed by atoms with Crippen molar-refractivity contribution in [2.24, 2.45) is 17.6 Å². The predicted molar refractivity (Wildman–Crippen MR) is 141 cm³/mol. The minimum Gasteiger partial charge on any atom is -0.453 e. The number of hydrogen-bond donors (Lipinski definition) is 3. The van der Waals surface area contributed by atoms with Gasteiger partial charge in [0.25, 0.3) is 0 Å². The van der Waals surface area contributed by atoms with Gasteiger partial charge in [-0.1, -0.05) is 42.5 Å². The van der Waals surface area contributed by atoms with Gasteiger partial charge >= 0.3 is 6.09 Å². The lowest BCUT2D eigenvalue weighted by Gasteiger charge is -2.29. The molecular weight excluding hydrogens is 452 g/mol. The van der Waals surface area contributed by atoms with Crippen LogP contribution < -0.4 is 16.4 Å². The van der Waals surface area contributed by atoms with Crippen LogP contribution in [0.5, 0.6) is 0 Å². The molecule has 1 atom stereocenters. The molecule has 1 saturated carbocycles. The highest BCUT2D eigenvalue weighted by Gasteiger charge is 2.27. The summed E-state index contributed by atoms with van der Waals surface area (Å²) in [6, 6.07) is 21.4. The minimum absolute atomic E-state index is 0.0298. The van der Waals surface area contributed by atoms with Crippen molar-refractivity contribution in [3.8, 4) is 11.3 Å². The molecule has 188 valence electrons. The molecule has 7 nitrogen and oxygen atoms in total. The van der Waals surface area contributed by atoms with Gasteiger partial charge in [-0.05, 0) is 80.0 Å². The summed E-state index contributed by atoms with van der Waals surface area (Å²) in [5.41, 5.74) is 10.3. The normalized spacial score (nSPS) is 18.2. The fourth-order valence-electron chi connectivity index (χ4n) is 4.77. The summed E-state index contributed by atoms with van der Waals surface area (Å²) in [4.78, 5) is 29.3. The van der Waals surface area contributed by atoms with E-state index in [1.807, 2.05) is 54.6 Å². The first-order valence-corrected chi connectivity index (χ1v) is 12.5. The Hall–Kier alpha value is -3.71. The Kier molecular flexibility index (Phi) is 8.68. The summed E-state index contributed by atoms with van der Waals surface area (Å²) in [7, 11) is 1.33. The van der Waals surface area contributed by atoms with Gasteiger partial charge in [0.05, 0.1) is 18.8 Å². The molecule has 1 aliphatic carbocycles. The molecular formula is C29H34N4O3. The summed E-state index contributed by atoms with van der Waals surface area (Å²) in [6.45, 7) is 0.699. The lowest BCUT2D eigenvalue weighted by molar-refractivity contribution is -0.127. The lowest BCUT2D eigenvalue weighted by atomic mass is 9.81. The minimum atomic E-state index is -0.515. The molecule has 1 aliphatic rings. The van der Waals surface area contributed by atoms with Gasteiger partial charge in [0.1, 0.15) is 0 Å². The number of pyridine rings is 1. The van der Waals surface area contributed by atoms with Crippen LogP contribution in [0.4, 0.5) is 10.5 Å². The Morgan fingerprint density at radius 2 is 1.75 bits per heavy atom. The molecule has 4 N–H and O–H groups in total. The van der Waals surface area contributed by atoms with Crippen molar-refractivity contribution in [1.29, 1.82) is 0 Å². The van der Waals surface area contributed by atoms with E-state index in [1.54, 1.807) is 6.20 Å². The van der Waals surface area contributed by atoms with Crippen LogP contribution in [-0.4, -0.2) is 30.6 Å². The van der Waals surface area contributed by atoms with Crippen molar-refractivity contribution in [1.82, 2.24) is 10.3 Å². The smallest absolute Gasteiger partial charge is 0.411 e. The average molecular weight is 487 g/mol. The quantitative estimate of drug-likeness (QED) is 0.411. The van der Waals surface area contributed by atoms with Gasteiger partial charge in [-0.15, -0.1) is 0 Å². The van der Waals surface area contributed by atoms with Crippen molar-refractivity contribution >= 4 is 17.7 Å². The zero-order valence-electron chi connectivity index (χ0n) is 20.7. The second kappa shape index (κ2) is 12.3. The molecule has 0 radical (unpaired) electrons. The third-order valence-corrected chi connectivity index (χ3v) is 6.95. The molecule has 0 bridgehead atoms. The number of anilines is 1. The van der Waals surface area contributed by atoms with E-state index in [0.29, 0.717) is 24.6 Å². The third kappa shape index (κ3) is 6.70. The van der Waals surface area contributed by atoms with E-state index in [9.17, 15) is 9.59 Å². The topological polar surface area (TPSA) is 106 Å². The molecule has 0 aliphatic heterocycles. The first-order chi connectivity index (χ1) is 17.6. The summed E-state index contributed by atoms with van der Waals surface area (Å²) in [5.74, 6) is 0.677. The van der Waals surface area contributed by atoms with Crippen LogP contribution >= 0.6 is 0 Å². The summed E-state index contributed by atoms with van der Waals surface area (Å²) < 4.78 is 4.64. The Morgan fingerprint density at radius 1 is 1.03 bits per heavy atom. The van der Waals surface area contributed by atoms with E-state index in [-0.39, 0.29) is 17.9 Å². The molecule has 3 aromatic rings. The molecule has 1 heterocycles. The Balaban J connectivity index is 1.54. The molecule has 7 heteroatoms. The fourth-order valence-corrected chi connectivity index (χ4v) is 4.77. The number of nitrogens with two attached hydrogens (primary N) is 1. The summed E-state index contributed by atoms with van der Waals surface area (Å²) in [5, 5.41) is 5.99. The number of nitrogens with one attached hydrogen (secondary N) is 2. The Bertz CT molecular complexity index is 1140. The van der Waals surface area contributed by atoms with Crippen molar-refractivity contribution in [3.05, 3.63) is 84.1 Å². The van der Waals surface area contributed by atoms with Crippen molar-refractivity contribution in [3.63, 3.8) is 0 Å². The molecule has 2 amide bonds. The van der Waals surface area contributed by atoms with Crippen molar-refractivity contribution in [2.45, 2.75) is 38.1 Å². The second-order valence-corrected chi connectivity index (χ2v) is 9.37. The highest BCUT2D eigenvalue weighted by Crippen LogP contribution is 2.30. The number of hydrogen-bond acceptors (Lipinski definition) is 5. The largest absolute Gasteiger partial charge is 0.453 e. The molecule has 4 rings (SSSR count). The number of aromatic nitrogens is 1. The van der Waals surface area contributed by atoms with Crippen LogP contribution in [0.1, 0.15) is 42.9 Å². The van der Waals surface area contributed by atoms with E-state index >= 15 is 0 Å². The average Bonchev–Trinajstić information content (AvgIpc) is 2.93. The number of rotatable bonds is 8. The Morgan fingerprint density at radius 3 is 2.42 bits per heavy atom. The van der Waals surface area contributed by atoms with Crippen LogP contribution in [0.25, 0.3) is 11.3 Å². The zero-order chi connectivity index (χ0) is 25.3. The molecule has 36 heavy (non-hydrogen) atoms. The van der Waals surface area contributed by atoms with E-state index in [1.165, 1.54) is 7.11 Å². The van der Waals surface area contributed by atoms with Gasteiger partial charge < -0.3 is 15.8 Å². The number of amides is 2. The van der Waals surface area contributed by atoms with E-state index < -0.39 is 6.09 Å². The number of carbonyl (C=O) groups excluding carboxylic acids is 2. The van der Waals surface area contributed by atoms with Crippen LogP contribution in [0, 0.1) is 11.8 Å². The number of nitrogens with zero attached hydrogens (tertiary/aromatic N) is 1. The van der Waals surface area contributed by atoms with E-state index in [0.717, 1.165) is 48.1 Å². The zero-order valence-corrected chi connectivity index (χ0v) is 20.7. The van der Waals surface area contributed by atoms with Crippen molar-refractivity contribution in [2.75, 3.05) is 19.0 Å². The highest BCUT2D eigenvalue weighted by molar-refractivity contribution is 5.85. The van der Waals surface area contributed by atoms with Crippen LogP contribution in [-0.2, 0) is 16.0 Å². The number of methoxy groups -OCH3 is 1. The lowest BCUT2D eigenvalue weighted by Crippen LogP contribution is -2.37. The molecule has 0 spiro atoms. The fraction of sp³-hybridized carbons (Fsp3) is 0.345. The standard InChI is InChI=1S/C29H34N4O3/c1-36-29(35)32-25-13-11-22(12-14-25)26-18-24(15-16-31-26)27(17-20-5-3-2-4-6-20)33-28(34)23-9-7-21(19-30)8-10-23/h2-6,11-16,18,21,23,27H,7-10,17,19,30H2,1H3,(H,32,35)(H,33,34)/t21-,23-,27?. The maximum absolute atomic E-state index is 13.3. The number of carbonyl (C=O) groups is 2. The van der Waals surface area contributed by atoms with Crippen LogP contribution in [0.2, 0.25) is 0 Å². The SMILES string of the molecule is COC(=O)Nc1ccc(-c2cc(C(Cc3ccccc3)NC(=O)[C@H]3CC[C@H](CN)CC3)ccn2)cc1.